The Morgan fingerprint density at radius 2 is 1.95 bits per heavy atom. The van der Waals surface area contributed by atoms with Gasteiger partial charge in [-0.05, 0) is 31.6 Å². The molecule has 1 saturated heterocycles. The minimum absolute atomic E-state index is 0.155. The first kappa shape index (κ1) is 18.7. The van der Waals surface area contributed by atoms with E-state index in [4.69, 9.17) is 4.74 Å². The topological polar surface area (TPSA) is 66.0 Å². The van der Waals surface area contributed by atoms with Crippen LogP contribution < -0.4 is 10.6 Å². The number of aliphatic imine (C=N–C) groups is 1. The van der Waals surface area contributed by atoms with Crippen LogP contribution >= 0.6 is 0 Å². The normalized spacial score (nSPS) is 16.0. The summed E-state index contributed by atoms with van der Waals surface area (Å²) in [6.07, 6.45) is 4.40. The fraction of sp³-hybridized carbons (Fsp3) is 0.875. The average Bonchev–Trinajstić information content (AvgIpc) is 2.53. The van der Waals surface area contributed by atoms with Crippen LogP contribution in [0, 0.1) is 5.92 Å². The van der Waals surface area contributed by atoms with Crippen LogP contribution in [0.1, 0.15) is 39.5 Å². The second kappa shape index (κ2) is 11.3. The van der Waals surface area contributed by atoms with Crippen molar-refractivity contribution in [2.75, 3.05) is 46.4 Å². The zero-order valence-electron chi connectivity index (χ0n) is 14.4. The third-order valence-electron chi connectivity index (χ3n) is 3.55. The quantitative estimate of drug-likeness (QED) is 0.402. The summed E-state index contributed by atoms with van der Waals surface area (Å²) in [6, 6.07) is 0. The van der Waals surface area contributed by atoms with E-state index in [0.717, 1.165) is 52.1 Å². The van der Waals surface area contributed by atoms with Crippen LogP contribution in [0.15, 0.2) is 4.99 Å². The number of ether oxygens (including phenoxy) is 1. The number of hydrogen-bond donors (Lipinski definition) is 2. The van der Waals surface area contributed by atoms with Gasteiger partial charge in [-0.25, -0.2) is 0 Å². The van der Waals surface area contributed by atoms with Gasteiger partial charge in [0.15, 0.2) is 5.96 Å². The Labute approximate surface area is 134 Å². The second-order valence-electron chi connectivity index (χ2n) is 6.12. The maximum Gasteiger partial charge on any atom is 0.241 e. The molecule has 128 valence electrons. The van der Waals surface area contributed by atoms with Gasteiger partial charge in [0.05, 0.1) is 6.54 Å². The van der Waals surface area contributed by atoms with Gasteiger partial charge in [-0.3, -0.25) is 9.79 Å². The standard InChI is InChI=1S/C16H32N4O2/c1-14(2)13-22-11-7-8-18-16(17-3)19-12-15(21)20-9-5-4-6-10-20/h14H,4-13H2,1-3H3,(H2,17,18,19). The molecule has 22 heavy (non-hydrogen) atoms. The lowest BCUT2D eigenvalue weighted by atomic mass is 10.1. The van der Waals surface area contributed by atoms with E-state index in [9.17, 15) is 4.79 Å². The Morgan fingerprint density at radius 3 is 2.59 bits per heavy atom. The van der Waals surface area contributed by atoms with Crippen molar-refractivity contribution in [3.63, 3.8) is 0 Å². The predicted molar refractivity (Wildman–Crippen MR) is 90.1 cm³/mol. The van der Waals surface area contributed by atoms with E-state index in [2.05, 4.69) is 29.5 Å². The van der Waals surface area contributed by atoms with Crippen LogP contribution in [0.5, 0.6) is 0 Å². The van der Waals surface area contributed by atoms with E-state index in [1.54, 1.807) is 7.05 Å². The summed E-state index contributed by atoms with van der Waals surface area (Å²) in [5.41, 5.74) is 0. The summed E-state index contributed by atoms with van der Waals surface area (Å²) in [7, 11) is 1.72. The molecule has 6 nitrogen and oxygen atoms in total. The fourth-order valence-electron chi connectivity index (χ4n) is 2.34. The maximum atomic E-state index is 12.1. The van der Waals surface area contributed by atoms with Gasteiger partial charge >= 0.3 is 0 Å². The Balaban J connectivity index is 2.10. The molecule has 1 aliphatic heterocycles. The maximum absolute atomic E-state index is 12.1. The van der Waals surface area contributed by atoms with Gasteiger partial charge in [-0.15, -0.1) is 0 Å². The summed E-state index contributed by atoms with van der Waals surface area (Å²) in [6.45, 7) is 8.71. The largest absolute Gasteiger partial charge is 0.381 e. The summed E-state index contributed by atoms with van der Waals surface area (Å²) >= 11 is 0. The zero-order chi connectivity index (χ0) is 16.2. The van der Waals surface area contributed by atoms with E-state index in [-0.39, 0.29) is 5.91 Å². The van der Waals surface area contributed by atoms with Crippen LogP contribution in [0.3, 0.4) is 0 Å². The molecule has 0 radical (unpaired) electrons. The van der Waals surface area contributed by atoms with Crippen molar-refractivity contribution in [2.45, 2.75) is 39.5 Å². The molecule has 1 heterocycles. The highest BCUT2D eigenvalue weighted by molar-refractivity contribution is 5.86. The molecule has 0 spiro atoms. The fourth-order valence-corrected chi connectivity index (χ4v) is 2.34. The Morgan fingerprint density at radius 1 is 1.23 bits per heavy atom. The highest BCUT2D eigenvalue weighted by Crippen LogP contribution is 2.08. The molecule has 0 aliphatic carbocycles. The molecule has 6 heteroatoms. The molecular weight excluding hydrogens is 280 g/mol. The first-order chi connectivity index (χ1) is 10.6. The number of amides is 1. The van der Waals surface area contributed by atoms with Gasteiger partial charge in [0.2, 0.25) is 5.91 Å². The van der Waals surface area contributed by atoms with Crippen LogP contribution in [0.4, 0.5) is 0 Å². The van der Waals surface area contributed by atoms with Crippen molar-refractivity contribution < 1.29 is 9.53 Å². The number of hydrogen-bond acceptors (Lipinski definition) is 3. The van der Waals surface area contributed by atoms with Gasteiger partial charge < -0.3 is 20.3 Å². The lowest BCUT2D eigenvalue weighted by molar-refractivity contribution is -0.130. The van der Waals surface area contributed by atoms with Crippen molar-refractivity contribution in [3.05, 3.63) is 0 Å². The third-order valence-corrected chi connectivity index (χ3v) is 3.55. The summed E-state index contributed by atoms with van der Waals surface area (Å²) in [4.78, 5) is 18.1. The van der Waals surface area contributed by atoms with E-state index >= 15 is 0 Å². The van der Waals surface area contributed by atoms with E-state index in [0.29, 0.717) is 18.4 Å². The van der Waals surface area contributed by atoms with Crippen LogP contribution in [0.25, 0.3) is 0 Å². The summed E-state index contributed by atoms with van der Waals surface area (Å²) < 4.78 is 5.53. The van der Waals surface area contributed by atoms with Crippen molar-refractivity contribution >= 4 is 11.9 Å². The lowest BCUT2D eigenvalue weighted by Gasteiger charge is -2.27. The predicted octanol–water partition coefficient (Wildman–Crippen LogP) is 1.23. The van der Waals surface area contributed by atoms with Gasteiger partial charge in [-0.1, -0.05) is 13.8 Å². The number of guanidine groups is 1. The number of piperidine rings is 1. The molecule has 0 bridgehead atoms. The number of carbonyl (C=O) groups excluding carboxylic acids is 1. The van der Waals surface area contributed by atoms with Crippen LogP contribution in [-0.2, 0) is 9.53 Å². The van der Waals surface area contributed by atoms with Gasteiger partial charge in [0.1, 0.15) is 0 Å². The van der Waals surface area contributed by atoms with Crippen molar-refractivity contribution in [2.24, 2.45) is 10.9 Å². The monoisotopic (exact) mass is 312 g/mol. The van der Waals surface area contributed by atoms with E-state index < -0.39 is 0 Å². The molecule has 1 amide bonds. The molecule has 0 aromatic rings. The lowest BCUT2D eigenvalue weighted by Crippen LogP contribution is -2.46. The SMILES string of the molecule is CN=C(NCCCOCC(C)C)NCC(=O)N1CCCCC1. The first-order valence-corrected chi connectivity index (χ1v) is 8.43. The molecule has 0 aromatic heterocycles. The average molecular weight is 312 g/mol. The summed E-state index contributed by atoms with van der Waals surface area (Å²) in [5, 5.41) is 6.29. The molecule has 0 unspecified atom stereocenters. The Bertz CT molecular complexity index is 339. The minimum Gasteiger partial charge on any atom is -0.381 e. The molecule has 1 fully saturated rings. The van der Waals surface area contributed by atoms with Gasteiger partial charge in [-0.2, -0.15) is 0 Å². The van der Waals surface area contributed by atoms with Gasteiger partial charge in [0.25, 0.3) is 0 Å². The molecule has 1 aliphatic rings. The second-order valence-corrected chi connectivity index (χ2v) is 6.12. The zero-order valence-corrected chi connectivity index (χ0v) is 14.4. The van der Waals surface area contributed by atoms with E-state index in [1.807, 2.05) is 4.90 Å². The number of rotatable bonds is 8. The molecule has 0 atom stereocenters. The number of likely N-dealkylation sites (tertiary alicyclic amines) is 1. The van der Waals surface area contributed by atoms with E-state index in [1.165, 1.54) is 6.42 Å². The third kappa shape index (κ3) is 8.22. The summed E-state index contributed by atoms with van der Waals surface area (Å²) in [5.74, 6) is 1.40. The van der Waals surface area contributed by atoms with Crippen molar-refractivity contribution in [3.8, 4) is 0 Å². The highest BCUT2D eigenvalue weighted by atomic mass is 16.5. The van der Waals surface area contributed by atoms with Gasteiger partial charge in [0, 0.05) is 39.9 Å². The van der Waals surface area contributed by atoms with Crippen molar-refractivity contribution in [1.29, 1.82) is 0 Å². The van der Waals surface area contributed by atoms with Crippen LogP contribution in [-0.4, -0.2) is 63.2 Å². The number of carbonyl (C=O) groups is 1. The molecule has 0 aromatic carbocycles. The molecule has 1 rings (SSSR count). The number of nitrogens with one attached hydrogen (secondary N) is 2. The highest BCUT2D eigenvalue weighted by Gasteiger charge is 2.16. The minimum atomic E-state index is 0.155. The first-order valence-electron chi connectivity index (χ1n) is 8.43. The van der Waals surface area contributed by atoms with Crippen LogP contribution in [0.2, 0.25) is 0 Å². The molecule has 0 saturated carbocycles. The molecular formula is C16H32N4O2. The molecule has 2 N–H and O–H groups in total. The Kier molecular flexibility index (Phi) is 9.62. The number of nitrogens with zero attached hydrogens (tertiary/aromatic N) is 2. The Hall–Kier alpha value is -1.30. The smallest absolute Gasteiger partial charge is 0.241 e. The van der Waals surface area contributed by atoms with Crippen molar-refractivity contribution in [1.82, 2.24) is 15.5 Å².